The molecule has 0 aromatic rings. The lowest BCUT2D eigenvalue weighted by atomic mass is 9.46. The minimum Gasteiger partial charge on any atom is -0.431 e. The standard InChI is InChI=1S/C27H40O5/c1-6-7-16(2)31-25(30)32-24-15-19(29)14-18-8-9-20-22-11-10-21(17(3)28)26(22,4)13-12-23(20)27(18,24)5/h14,16,20-24H,6-13,15H2,1-5H3/t16?,20-,21+,22-,23-,24?,26+,27-/m0/s1. The van der Waals surface area contributed by atoms with Crippen molar-refractivity contribution in [3.05, 3.63) is 11.6 Å². The lowest BCUT2D eigenvalue weighted by Gasteiger charge is -2.59. The van der Waals surface area contributed by atoms with Crippen LogP contribution in [-0.4, -0.2) is 29.9 Å². The third-order valence-electron chi connectivity index (χ3n) is 9.76. The van der Waals surface area contributed by atoms with Gasteiger partial charge < -0.3 is 9.47 Å². The van der Waals surface area contributed by atoms with E-state index in [2.05, 4.69) is 20.8 Å². The highest BCUT2D eigenvalue weighted by atomic mass is 16.7. The molecule has 0 spiro atoms. The molecule has 0 saturated heterocycles. The fraction of sp³-hybridized carbons (Fsp3) is 0.815. The van der Waals surface area contributed by atoms with Crippen molar-refractivity contribution in [2.24, 2.45) is 34.5 Å². The van der Waals surface area contributed by atoms with Crippen LogP contribution in [0.15, 0.2) is 11.6 Å². The van der Waals surface area contributed by atoms with Crippen LogP contribution in [0, 0.1) is 34.5 Å². The molecular formula is C27H40O5. The summed E-state index contributed by atoms with van der Waals surface area (Å²) >= 11 is 0. The van der Waals surface area contributed by atoms with Gasteiger partial charge in [-0.15, -0.1) is 0 Å². The molecule has 5 nitrogen and oxygen atoms in total. The van der Waals surface area contributed by atoms with Gasteiger partial charge in [0.25, 0.3) is 0 Å². The number of carbonyl (C=O) groups is 3. The van der Waals surface area contributed by atoms with Crippen LogP contribution in [0.4, 0.5) is 4.79 Å². The number of ether oxygens (including phenoxy) is 2. The second-order valence-corrected chi connectivity index (χ2v) is 11.4. The monoisotopic (exact) mass is 444 g/mol. The van der Waals surface area contributed by atoms with E-state index in [4.69, 9.17) is 9.47 Å². The van der Waals surface area contributed by atoms with Crippen molar-refractivity contribution in [3.63, 3.8) is 0 Å². The molecule has 0 bridgehead atoms. The Bertz CT molecular complexity index is 815. The highest BCUT2D eigenvalue weighted by molar-refractivity contribution is 5.92. The van der Waals surface area contributed by atoms with Crippen molar-refractivity contribution in [3.8, 4) is 0 Å². The van der Waals surface area contributed by atoms with Crippen LogP contribution in [0.5, 0.6) is 0 Å². The van der Waals surface area contributed by atoms with Crippen LogP contribution >= 0.6 is 0 Å². The van der Waals surface area contributed by atoms with E-state index in [9.17, 15) is 14.4 Å². The molecule has 5 heteroatoms. The van der Waals surface area contributed by atoms with E-state index >= 15 is 0 Å². The van der Waals surface area contributed by atoms with Gasteiger partial charge in [-0.3, -0.25) is 9.59 Å². The quantitative estimate of drug-likeness (QED) is 0.483. The summed E-state index contributed by atoms with van der Waals surface area (Å²) in [5, 5.41) is 0. The molecular weight excluding hydrogens is 404 g/mol. The fourth-order valence-corrected chi connectivity index (χ4v) is 8.19. The molecule has 0 aromatic heterocycles. The Kier molecular flexibility index (Phi) is 6.32. The van der Waals surface area contributed by atoms with Gasteiger partial charge in [0.1, 0.15) is 18.0 Å². The van der Waals surface area contributed by atoms with Crippen LogP contribution in [0.1, 0.15) is 92.4 Å². The predicted octanol–water partition coefficient (Wildman–Crippen LogP) is 6.04. The molecule has 0 aliphatic heterocycles. The average molecular weight is 445 g/mol. The second-order valence-electron chi connectivity index (χ2n) is 11.4. The summed E-state index contributed by atoms with van der Waals surface area (Å²) in [7, 11) is 0. The van der Waals surface area contributed by atoms with E-state index < -0.39 is 12.3 Å². The van der Waals surface area contributed by atoms with Crippen LogP contribution in [0.25, 0.3) is 0 Å². The molecule has 3 saturated carbocycles. The second kappa shape index (κ2) is 8.61. The zero-order valence-electron chi connectivity index (χ0n) is 20.4. The van der Waals surface area contributed by atoms with Gasteiger partial charge in [-0.1, -0.05) is 32.8 Å². The van der Waals surface area contributed by atoms with Gasteiger partial charge in [0, 0.05) is 17.8 Å². The van der Waals surface area contributed by atoms with Crippen LogP contribution < -0.4 is 0 Å². The Morgan fingerprint density at radius 2 is 1.91 bits per heavy atom. The number of Topliss-reactive ketones (excluding diaryl/α,β-unsaturated/α-hetero) is 1. The van der Waals surface area contributed by atoms with Crippen molar-refractivity contribution >= 4 is 17.7 Å². The number of rotatable bonds is 5. The summed E-state index contributed by atoms with van der Waals surface area (Å²) in [6.45, 7) is 10.3. The highest BCUT2D eigenvalue weighted by Crippen LogP contribution is 2.67. The Morgan fingerprint density at radius 1 is 1.16 bits per heavy atom. The minimum absolute atomic E-state index is 0.0495. The zero-order chi connectivity index (χ0) is 23.3. The number of carbonyl (C=O) groups excluding carboxylic acids is 3. The maximum atomic E-state index is 12.6. The smallest absolute Gasteiger partial charge is 0.431 e. The van der Waals surface area contributed by atoms with Gasteiger partial charge in [-0.2, -0.15) is 0 Å². The summed E-state index contributed by atoms with van der Waals surface area (Å²) in [5.41, 5.74) is 0.901. The van der Waals surface area contributed by atoms with Crippen molar-refractivity contribution in [2.45, 2.75) is 105 Å². The van der Waals surface area contributed by atoms with Crippen LogP contribution in [0.3, 0.4) is 0 Å². The van der Waals surface area contributed by atoms with Crippen molar-refractivity contribution < 1.29 is 23.9 Å². The number of ketones is 2. The van der Waals surface area contributed by atoms with E-state index in [0.29, 0.717) is 23.5 Å². The molecule has 4 rings (SSSR count). The largest absolute Gasteiger partial charge is 0.508 e. The van der Waals surface area contributed by atoms with Gasteiger partial charge in [-0.05, 0) is 88.0 Å². The maximum absolute atomic E-state index is 12.6. The summed E-state index contributed by atoms with van der Waals surface area (Å²) < 4.78 is 11.4. The van der Waals surface area contributed by atoms with Gasteiger partial charge in [0.2, 0.25) is 0 Å². The molecule has 0 amide bonds. The lowest BCUT2D eigenvalue weighted by molar-refractivity contribution is -0.137. The number of hydrogen-bond acceptors (Lipinski definition) is 5. The molecule has 4 aliphatic rings. The molecule has 4 aliphatic carbocycles. The van der Waals surface area contributed by atoms with Crippen LogP contribution in [0.2, 0.25) is 0 Å². The first-order chi connectivity index (χ1) is 15.1. The lowest BCUT2D eigenvalue weighted by Crippen LogP contribution is -2.56. The number of fused-ring (bicyclic) bond motifs is 5. The topological polar surface area (TPSA) is 69.7 Å². The first-order valence-corrected chi connectivity index (χ1v) is 12.7. The molecule has 32 heavy (non-hydrogen) atoms. The molecule has 2 unspecified atom stereocenters. The van der Waals surface area contributed by atoms with Gasteiger partial charge in [0.05, 0.1) is 0 Å². The highest BCUT2D eigenvalue weighted by Gasteiger charge is 2.62. The molecule has 0 N–H and O–H groups in total. The van der Waals surface area contributed by atoms with Crippen molar-refractivity contribution in [2.75, 3.05) is 0 Å². The third-order valence-corrected chi connectivity index (χ3v) is 9.76. The minimum atomic E-state index is -0.647. The molecule has 8 atom stereocenters. The first kappa shape index (κ1) is 23.5. The molecule has 0 aromatic carbocycles. The normalized spacial score (nSPS) is 41.6. The summed E-state index contributed by atoms with van der Waals surface area (Å²) in [6, 6.07) is 0. The summed E-state index contributed by atoms with van der Waals surface area (Å²) in [5.74, 6) is 1.97. The Labute approximate surface area is 192 Å². The van der Waals surface area contributed by atoms with Gasteiger partial charge in [-0.25, -0.2) is 4.79 Å². The third kappa shape index (κ3) is 3.74. The average Bonchev–Trinajstić information content (AvgIpc) is 3.06. The number of hydrogen-bond donors (Lipinski definition) is 0. The van der Waals surface area contributed by atoms with Crippen molar-refractivity contribution in [1.29, 1.82) is 0 Å². The maximum Gasteiger partial charge on any atom is 0.508 e. The van der Waals surface area contributed by atoms with E-state index in [1.807, 2.05) is 13.0 Å². The van der Waals surface area contributed by atoms with Gasteiger partial charge in [0.15, 0.2) is 5.78 Å². The molecule has 3 fully saturated rings. The fourth-order valence-electron chi connectivity index (χ4n) is 8.19. The predicted molar refractivity (Wildman–Crippen MR) is 122 cm³/mol. The Balaban J connectivity index is 1.59. The van der Waals surface area contributed by atoms with E-state index in [-0.39, 0.29) is 35.1 Å². The van der Waals surface area contributed by atoms with E-state index in [1.165, 1.54) is 0 Å². The summed E-state index contributed by atoms with van der Waals surface area (Å²) in [4.78, 5) is 37.5. The van der Waals surface area contributed by atoms with Gasteiger partial charge >= 0.3 is 6.16 Å². The van der Waals surface area contributed by atoms with Crippen molar-refractivity contribution in [1.82, 2.24) is 0 Å². The Hall–Kier alpha value is -1.65. The van der Waals surface area contributed by atoms with Crippen LogP contribution in [-0.2, 0) is 19.1 Å². The van der Waals surface area contributed by atoms with E-state index in [1.54, 1.807) is 6.92 Å². The zero-order valence-corrected chi connectivity index (χ0v) is 20.4. The SMILES string of the molecule is CCCC(C)OC(=O)OC1CC(=O)C=C2CC[C@H]3[C@@H]4CC[C@H](C(C)=O)[C@@]4(C)CC[C@@H]3[C@]21C. The molecule has 178 valence electrons. The first-order valence-electron chi connectivity index (χ1n) is 12.7. The van der Waals surface area contributed by atoms with E-state index in [0.717, 1.165) is 56.9 Å². The molecule has 0 heterocycles. The Morgan fingerprint density at radius 3 is 2.59 bits per heavy atom. The summed E-state index contributed by atoms with van der Waals surface area (Å²) in [6.07, 6.45) is 8.59. The molecule has 0 radical (unpaired) electrons.